The van der Waals surface area contributed by atoms with E-state index >= 15 is 0 Å². The Kier molecular flexibility index (Phi) is 4.26. The number of hydrogen-bond acceptors (Lipinski definition) is 2. The van der Waals surface area contributed by atoms with Gasteiger partial charge in [-0.15, -0.1) is 0 Å². The number of nitrogens with one attached hydrogen (secondary N) is 1. The van der Waals surface area contributed by atoms with Crippen LogP contribution in [0, 0.1) is 17.7 Å². The van der Waals surface area contributed by atoms with Crippen LogP contribution in [0.4, 0.5) is 4.39 Å². The number of benzene rings is 1. The van der Waals surface area contributed by atoms with E-state index in [2.05, 4.69) is 11.6 Å². The molecule has 1 N–H and O–H groups in total. The van der Waals surface area contributed by atoms with Gasteiger partial charge in [0.25, 0.3) is 0 Å². The van der Waals surface area contributed by atoms with Crippen molar-refractivity contribution >= 4 is 10.0 Å². The maximum absolute atomic E-state index is 13.6. The van der Waals surface area contributed by atoms with E-state index in [1.807, 2.05) is 6.92 Å². The Bertz CT molecular complexity index is 544. The van der Waals surface area contributed by atoms with Gasteiger partial charge >= 0.3 is 0 Å². The summed E-state index contributed by atoms with van der Waals surface area (Å²) in [5.74, 6) is 0.210. The van der Waals surface area contributed by atoms with Crippen molar-refractivity contribution in [3.8, 4) is 0 Å². The first-order valence-corrected chi connectivity index (χ1v) is 8.15. The number of hydrogen-bond donors (Lipinski definition) is 1. The van der Waals surface area contributed by atoms with Gasteiger partial charge in [0.1, 0.15) is 10.7 Å². The molecule has 1 aromatic rings. The van der Waals surface area contributed by atoms with E-state index in [4.69, 9.17) is 0 Å². The Hall–Kier alpha value is -0.940. The van der Waals surface area contributed by atoms with Crippen LogP contribution in [0.1, 0.15) is 33.1 Å². The van der Waals surface area contributed by atoms with E-state index in [1.54, 1.807) is 0 Å². The van der Waals surface area contributed by atoms with Crippen LogP contribution in [0.5, 0.6) is 0 Å². The maximum Gasteiger partial charge on any atom is 0.243 e. The largest absolute Gasteiger partial charge is 0.243 e. The molecule has 3 atom stereocenters. The van der Waals surface area contributed by atoms with Crippen molar-refractivity contribution in [3.05, 3.63) is 30.1 Å². The van der Waals surface area contributed by atoms with Crippen LogP contribution in [0.2, 0.25) is 0 Å². The highest BCUT2D eigenvalue weighted by atomic mass is 32.2. The van der Waals surface area contributed by atoms with Crippen molar-refractivity contribution in [2.45, 2.75) is 44.0 Å². The molecule has 0 aromatic heterocycles. The summed E-state index contributed by atoms with van der Waals surface area (Å²) in [4.78, 5) is -0.263. The molecule has 1 aromatic carbocycles. The van der Waals surface area contributed by atoms with Crippen molar-refractivity contribution in [3.63, 3.8) is 0 Å². The number of rotatable bonds is 3. The monoisotopic (exact) mass is 285 g/mol. The average molecular weight is 285 g/mol. The Morgan fingerprint density at radius 2 is 1.89 bits per heavy atom. The summed E-state index contributed by atoms with van der Waals surface area (Å²) in [6, 6.07) is 5.39. The molecule has 0 heterocycles. The van der Waals surface area contributed by atoms with E-state index in [1.165, 1.54) is 24.3 Å². The lowest BCUT2D eigenvalue weighted by molar-refractivity contribution is 0.249. The normalized spacial score (nSPS) is 28.3. The van der Waals surface area contributed by atoms with Crippen molar-refractivity contribution in [2.24, 2.45) is 11.8 Å². The zero-order valence-corrected chi connectivity index (χ0v) is 12.1. The van der Waals surface area contributed by atoms with Gasteiger partial charge in [0.15, 0.2) is 0 Å². The Morgan fingerprint density at radius 3 is 2.53 bits per heavy atom. The molecular weight excluding hydrogens is 265 g/mol. The minimum absolute atomic E-state index is 0.0965. The molecule has 106 valence electrons. The average Bonchev–Trinajstić information content (AvgIpc) is 2.33. The number of sulfonamides is 1. The fraction of sp³-hybridized carbons (Fsp3) is 0.571. The van der Waals surface area contributed by atoms with Gasteiger partial charge in [0.2, 0.25) is 10.0 Å². The van der Waals surface area contributed by atoms with E-state index in [9.17, 15) is 12.8 Å². The highest BCUT2D eigenvalue weighted by molar-refractivity contribution is 7.89. The highest BCUT2D eigenvalue weighted by Crippen LogP contribution is 2.29. The Morgan fingerprint density at radius 1 is 1.21 bits per heavy atom. The molecule has 19 heavy (non-hydrogen) atoms. The van der Waals surface area contributed by atoms with Gasteiger partial charge in [-0.2, -0.15) is 0 Å². The molecule has 1 saturated carbocycles. The first-order valence-electron chi connectivity index (χ1n) is 6.67. The van der Waals surface area contributed by atoms with Crippen LogP contribution in [-0.4, -0.2) is 14.5 Å². The second-order valence-corrected chi connectivity index (χ2v) is 7.24. The maximum atomic E-state index is 13.6. The summed E-state index contributed by atoms with van der Waals surface area (Å²) in [6.07, 6.45) is 2.83. The van der Waals surface area contributed by atoms with Crippen LogP contribution in [-0.2, 0) is 10.0 Å². The molecule has 1 aliphatic rings. The van der Waals surface area contributed by atoms with Crippen LogP contribution in [0.15, 0.2) is 29.2 Å². The van der Waals surface area contributed by atoms with Crippen molar-refractivity contribution < 1.29 is 12.8 Å². The predicted octanol–water partition coefficient (Wildman–Crippen LogP) is 2.93. The quantitative estimate of drug-likeness (QED) is 0.928. The third-order valence-corrected chi connectivity index (χ3v) is 5.39. The fourth-order valence-corrected chi connectivity index (χ4v) is 4.22. The minimum atomic E-state index is -3.77. The Balaban J connectivity index is 2.16. The molecule has 1 aliphatic carbocycles. The SMILES string of the molecule is CC1CCC(NS(=O)(=O)c2ccccc2F)C(C)C1. The summed E-state index contributed by atoms with van der Waals surface area (Å²) in [5.41, 5.74) is 0. The zero-order chi connectivity index (χ0) is 14.0. The third kappa shape index (κ3) is 3.34. The molecule has 3 nitrogen and oxygen atoms in total. The van der Waals surface area contributed by atoms with Crippen LogP contribution in [0.3, 0.4) is 0 Å². The third-order valence-electron chi connectivity index (χ3n) is 3.86. The lowest BCUT2D eigenvalue weighted by atomic mass is 9.80. The van der Waals surface area contributed by atoms with Crippen molar-refractivity contribution in [2.75, 3.05) is 0 Å². The molecule has 3 unspecified atom stereocenters. The summed E-state index contributed by atoms with van der Waals surface area (Å²) < 4.78 is 40.6. The molecule has 0 spiro atoms. The van der Waals surface area contributed by atoms with Gasteiger partial charge < -0.3 is 0 Å². The Labute approximate surface area is 114 Å². The summed E-state index contributed by atoms with van der Waals surface area (Å²) in [5, 5.41) is 0. The van der Waals surface area contributed by atoms with Crippen LogP contribution >= 0.6 is 0 Å². The molecule has 0 aliphatic heterocycles. The molecule has 0 amide bonds. The first kappa shape index (κ1) is 14.5. The van der Waals surface area contributed by atoms with Crippen LogP contribution in [0.25, 0.3) is 0 Å². The lowest BCUT2D eigenvalue weighted by Gasteiger charge is -2.32. The number of halogens is 1. The summed E-state index contributed by atoms with van der Waals surface area (Å²) >= 11 is 0. The summed E-state index contributed by atoms with van der Waals surface area (Å²) in [7, 11) is -3.77. The van der Waals surface area contributed by atoms with E-state index in [-0.39, 0.29) is 16.9 Å². The predicted molar refractivity (Wildman–Crippen MR) is 72.7 cm³/mol. The molecule has 0 bridgehead atoms. The molecule has 2 rings (SSSR count). The van der Waals surface area contributed by atoms with Crippen molar-refractivity contribution in [1.29, 1.82) is 0 Å². The second-order valence-electron chi connectivity index (χ2n) is 5.55. The van der Waals surface area contributed by atoms with Gasteiger partial charge in [-0.25, -0.2) is 17.5 Å². The molecule has 0 radical (unpaired) electrons. The molecular formula is C14H20FNO2S. The smallest absolute Gasteiger partial charge is 0.208 e. The van der Waals surface area contributed by atoms with Gasteiger partial charge in [-0.05, 0) is 43.2 Å². The minimum Gasteiger partial charge on any atom is -0.208 e. The van der Waals surface area contributed by atoms with Gasteiger partial charge in [-0.1, -0.05) is 26.0 Å². The fourth-order valence-electron chi connectivity index (χ4n) is 2.77. The molecule has 0 saturated heterocycles. The molecule has 5 heteroatoms. The van der Waals surface area contributed by atoms with E-state index < -0.39 is 15.8 Å². The van der Waals surface area contributed by atoms with Crippen molar-refractivity contribution in [1.82, 2.24) is 4.72 Å². The zero-order valence-electron chi connectivity index (χ0n) is 11.3. The van der Waals surface area contributed by atoms with E-state index in [0.717, 1.165) is 19.3 Å². The molecule has 1 fully saturated rings. The highest BCUT2D eigenvalue weighted by Gasteiger charge is 2.30. The van der Waals surface area contributed by atoms with Gasteiger partial charge in [0, 0.05) is 6.04 Å². The second kappa shape index (κ2) is 5.59. The summed E-state index contributed by atoms with van der Waals surface area (Å²) in [6.45, 7) is 4.22. The van der Waals surface area contributed by atoms with Crippen LogP contribution < -0.4 is 4.72 Å². The topological polar surface area (TPSA) is 46.2 Å². The van der Waals surface area contributed by atoms with Gasteiger partial charge in [-0.3, -0.25) is 0 Å². The van der Waals surface area contributed by atoms with E-state index in [0.29, 0.717) is 5.92 Å². The van der Waals surface area contributed by atoms with Gasteiger partial charge in [0.05, 0.1) is 0 Å². The first-order chi connectivity index (χ1) is 8.90. The lowest BCUT2D eigenvalue weighted by Crippen LogP contribution is -2.42. The standard InChI is InChI=1S/C14H20FNO2S/c1-10-7-8-13(11(2)9-10)16-19(17,18)14-6-4-3-5-12(14)15/h3-6,10-11,13,16H,7-9H2,1-2H3.